The summed E-state index contributed by atoms with van der Waals surface area (Å²) in [5.74, 6) is 3.19. The molecule has 4 rings (SSSR count). The highest BCUT2D eigenvalue weighted by molar-refractivity contribution is 6.07. The topological polar surface area (TPSA) is 37.3 Å². The van der Waals surface area contributed by atoms with E-state index in [2.05, 4.69) is 53.7 Å². The molecule has 2 nitrogen and oxygen atoms in total. The molecule has 7 atom stereocenters. The molecule has 2 heteroatoms. The number of hydrogen-bond donors (Lipinski definition) is 1. The Bertz CT molecular complexity index is 799. The summed E-state index contributed by atoms with van der Waals surface area (Å²) in [6, 6.07) is 0. The zero-order chi connectivity index (χ0) is 21.8. The highest BCUT2D eigenvalue weighted by Crippen LogP contribution is 2.64. The Morgan fingerprint density at radius 3 is 2.50 bits per heavy atom. The fourth-order valence-electron chi connectivity index (χ4n) is 7.30. The van der Waals surface area contributed by atoms with E-state index in [9.17, 15) is 9.90 Å². The number of fused-ring (bicyclic) bond motifs is 4. The fraction of sp³-hybridized carbons (Fsp3) is 0.750. The normalized spacial score (nSPS) is 40.9. The van der Waals surface area contributed by atoms with E-state index < -0.39 is 0 Å². The van der Waals surface area contributed by atoms with Crippen molar-refractivity contribution in [2.24, 2.45) is 40.4 Å². The predicted octanol–water partition coefficient (Wildman–Crippen LogP) is 6.65. The van der Waals surface area contributed by atoms with Gasteiger partial charge < -0.3 is 5.11 Å². The molecule has 2 saturated carbocycles. The van der Waals surface area contributed by atoms with Crippen molar-refractivity contribution in [3.8, 4) is 0 Å². The first-order chi connectivity index (χ1) is 14.1. The van der Waals surface area contributed by atoms with Gasteiger partial charge in [0.1, 0.15) is 0 Å². The van der Waals surface area contributed by atoms with Crippen LogP contribution in [0.25, 0.3) is 0 Å². The van der Waals surface area contributed by atoms with Crippen LogP contribution in [0, 0.1) is 40.4 Å². The summed E-state index contributed by atoms with van der Waals surface area (Å²) >= 11 is 0. The lowest BCUT2D eigenvalue weighted by atomic mass is 9.53. The second-order valence-electron chi connectivity index (χ2n) is 11.7. The van der Waals surface area contributed by atoms with Gasteiger partial charge in [-0.3, -0.25) is 4.79 Å². The number of allylic oxidation sites excluding steroid dienone is 5. The molecule has 0 aromatic heterocycles. The van der Waals surface area contributed by atoms with Gasteiger partial charge in [0.05, 0.1) is 6.10 Å². The van der Waals surface area contributed by atoms with E-state index in [-0.39, 0.29) is 22.7 Å². The van der Waals surface area contributed by atoms with Gasteiger partial charge in [0.25, 0.3) is 0 Å². The third kappa shape index (κ3) is 3.38. The SMILES string of the molecule is CC(C)[C@@H](C)/C=C/[C@@H](C)[C@H]1CCC2C3=C(CC[C@@]21C)[C@@]1(C)CC[C@H](O)CC1=CC3=O. The number of rotatable bonds is 4. The molecule has 0 aromatic rings. The smallest absolute Gasteiger partial charge is 0.182 e. The van der Waals surface area contributed by atoms with Crippen molar-refractivity contribution in [3.05, 3.63) is 34.9 Å². The van der Waals surface area contributed by atoms with Crippen molar-refractivity contribution >= 4 is 5.78 Å². The molecule has 0 bridgehead atoms. The molecule has 0 aliphatic heterocycles. The summed E-state index contributed by atoms with van der Waals surface area (Å²) in [5.41, 5.74) is 4.06. The molecule has 1 N–H and O–H groups in total. The molecular formula is C28H42O2. The lowest BCUT2D eigenvalue weighted by Crippen LogP contribution is -2.44. The van der Waals surface area contributed by atoms with Gasteiger partial charge in [0, 0.05) is 11.0 Å². The highest BCUT2D eigenvalue weighted by Gasteiger charge is 2.56. The summed E-state index contributed by atoms with van der Waals surface area (Å²) in [7, 11) is 0. The maximum atomic E-state index is 13.4. The van der Waals surface area contributed by atoms with Crippen LogP contribution in [-0.2, 0) is 4.79 Å². The standard InChI is InChI=1S/C28H42O2/c1-17(2)18(3)7-8-19(4)22-9-10-23-26-24(12-14-28(22,23)6)27(5)13-11-21(29)15-20(27)16-25(26)30/h7-8,16-19,21-23,29H,9-15H2,1-6H3/b8-7+/t18-,19+,21-,22+,23?,27-,28+/m0/s1. The molecule has 0 radical (unpaired) electrons. The van der Waals surface area contributed by atoms with E-state index in [1.807, 2.05) is 6.08 Å². The van der Waals surface area contributed by atoms with Crippen molar-refractivity contribution in [3.63, 3.8) is 0 Å². The van der Waals surface area contributed by atoms with Gasteiger partial charge in [0.2, 0.25) is 0 Å². The summed E-state index contributed by atoms with van der Waals surface area (Å²) in [5, 5.41) is 10.2. The Kier molecular flexibility index (Phi) is 5.71. The third-order valence-corrected chi connectivity index (χ3v) is 9.78. The molecule has 2 fully saturated rings. The first kappa shape index (κ1) is 22.1. The summed E-state index contributed by atoms with van der Waals surface area (Å²) in [6.07, 6.45) is 13.7. The number of ketones is 1. The molecule has 30 heavy (non-hydrogen) atoms. The molecular weight excluding hydrogens is 368 g/mol. The largest absolute Gasteiger partial charge is 0.393 e. The summed E-state index contributed by atoms with van der Waals surface area (Å²) < 4.78 is 0. The van der Waals surface area contributed by atoms with Gasteiger partial charge in [-0.15, -0.1) is 0 Å². The zero-order valence-corrected chi connectivity index (χ0v) is 20.0. The molecule has 0 saturated heterocycles. The molecule has 4 aliphatic rings. The molecule has 4 aliphatic carbocycles. The number of carbonyl (C=O) groups excluding carboxylic acids is 1. The molecule has 0 spiro atoms. The second kappa shape index (κ2) is 7.76. The molecule has 166 valence electrons. The maximum Gasteiger partial charge on any atom is 0.182 e. The van der Waals surface area contributed by atoms with E-state index in [1.165, 1.54) is 29.6 Å². The van der Waals surface area contributed by atoms with Crippen LogP contribution in [0.4, 0.5) is 0 Å². The molecule has 0 aromatic carbocycles. The van der Waals surface area contributed by atoms with E-state index in [0.717, 1.165) is 25.7 Å². The Hall–Kier alpha value is -1.15. The number of aliphatic hydroxyl groups is 1. The zero-order valence-electron chi connectivity index (χ0n) is 20.0. The highest BCUT2D eigenvalue weighted by atomic mass is 16.3. The summed E-state index contributed by atoms with van der Waals surface area (Å²) in [4.78, 5) is 13.4. The number of hydrogen-bond acceptors (Lipinski definition) is 2. The Balaban J connectivity index is 1.62. The van der Waals surface area contributed by atoms with E-state index >= 15 is 0 Å². The van der Waals surface area contributed by atoms with Crippen LogP contribution >= 0.6 is 0 Å². The Labute approximate surface area is 183 Å². The molecule has 0 heterocycles. The van der Waals surface area contributed by atoms with Crippen LogP contribution in [0.5, 0.6) is 0 Å². The second-order valence-corrected chi connectivity index (χ2v) is 11.7. The summed E-state index contributed by atoms with van der Waals surface area (Å²) in [6.45, 7) is 14.1. The van der Waals surface area contributed by atoms with E-state index in [1.54, 1.807) is 0 Å². The van der Waals surface area contributed by atoms with Crippen LogP contribution < -0.4 is 0 Å². The third-order valence-electron chi connectivity index (χ3n) is 9.78. The lowest BCUT2D eigenvalue weighted by Gasteiger charge is -2.51. The minimum atomic E-state index is -0.273. The van der Waals surface area contributed by atoms with Crippen molar-refractivity contribution in [1.82, 2.24) is 0 Å². The van der Waals surface area contributed by atoms with Crippen molar-refractivity contribution in [2.45, 2.75) is 92.6 Å². The average molecular weight is 411 g/mol. The van der Waals surface area contributed by atoms with Crippen LogP contribution in [0.3, 0.4) is 0 Å². The predicted molar refractivity (Wildman–Crippen MR) is 124 cm³/mol. The fourth-order valence-corrected chi connectivity index (χ4v) is 7.30. The number of aliphatic hydroxyl groups excluding tert-OH is 1. The first-order valence-corrected chi connectivity index (χ1v) is 12.4. The van der Waals surface area contributed by atoms with Crippen molar-refractivity contribution < 1.29 is 9.90 Å². The van der Waals surface area contributed by atoms with Gasteiger partial charge >= 0.3 is 0 Å². The van der Waals surface area contributed by atoms with Gasteiger partial charge in [0.15, 0.2) is 5.78 Å². The van der Waals surface area contributed by atoms with Crippen molar-refractivity contribution in [1.29, 1.82) is 0 Å². The van der Waals surface area contributed by atoms with Crippen LogP contribution in [0.1, 0.15) is 86.5 Å². The number of carbonyl (C=O) groups is 1. The Morgan fingerprint density at radius 1 is 1.07 bits per heavy atom. The maximum absolute atomic E-state index is 13.4. The van der Waals surface area contributed by atoms with Gasteiger partial charge in [-0.05, 0) is 86.0 Å². The molecule has 1 unspecified atom stereocenters. The van der Waals surface area contributed by atoms with E-state index in [4.69, 9.17) is 0 Å². The monoisotopic (exact) mass is 410 g/mol. The van der Waals surface area contributed by atoms with Gasteiger partial charge in [-0.25, -0.2) is 0 Å². The van der Waals surface area contributed by atoms with Crippen LogP contribution in [0.15, 0.2) is 34.9 Å². The quantitative estimate of drug-likeness (QED) is 0.527. The van der Waals surface area contributed by atoms with Crippen LogP contribution in [0.2, 0.25) is 0 Å². The molecule has 0 amide bonds. The minimum Gasteiger partial charge on any atom is -0.393 e. The Morgan fingerprint density at radius 2 is 1.80 bits per heavy atom. The van der Waals surface area contributed by atoms with Crippen molar-refractivity contribution in [2.75, 3.05) is 0 Å². The van der Waals surface area contributed by atoms with Gasteiger partial charge in [-0.1, -0.05) is 64.8 Å². The first-order valence-electron chi connectivity index (χ1n) is 12.4. The van der Waals surface area contributed by atoms with Crippen LogP contribution in [-0.4, -0.2) is 17.0 Å². The average Bonchev–Trinajstić information content (AvgIpc) is 3.04. The van der Waals surface area contributed by atoms with E-state index in [0.29, 0.717) is 36.0 Å². The lowest BCUT2D eigenvalue weighted by molar-refractivity contribution is -0.113. The minimum absolute atomic E-state index is 0.0140. The van der Waals surface area contributed by atoms with Gasteiger partial charge in [-0.2, -0.15) is 0 Å².